The summed E-state index contributed by atoms with van der Waals surface area (Å²) in [4.78, 5) is 4.62. The zero-order chi connectivity index (χ0) is 14.8. The van der Waals surface area contributed by atoms with Gasteiger partial charge in [0.15, 0.2) is 5.82 Å². The molecule has 0 saturated heterocycles. The molecule has 1 aromatic heterocycles. The van der Waals surface area contributed by atoms with Crippen LogP contribution < -0.4 is 10.1 Å². The van der Waals surface area contributed by atoms with E-state index < -0.39 is 0 Å². The molecule has 2 unspecified atom stereocenters. The second kappa shape index (κ2) is 5.85. The first-order chi connectivity index (χ1) is 10.3. The van der Waals surface area contributed by atoms with Crippen molar-refractivity contribution in [2.75, 3.05) is 13.7 Å². The summed E-state index contributed by atoms with van der Waals surface area (Å²) in [6, 6.07) is 8.52. The molecule has 5 nitrogen and oxygen atoms in total. The number of para-hydroxylation sites is 1. The van der Waals surface area contributed by atoms with Crippen molar-refractivity contribution < 1.29 is 4.74 Å². The van der Waals surface area contributed by atoms with Gasteiger partial charge in [0.1, 0.15) is 24.2 Å². The third-order valence-corrected chi connectivity index (χ3v) is 4.05. The van der Waals surface area contributed by atoms with Crippen molar-refractivity contribution in [3.05, 3.63) is 41.5 Å². The summed E-state index contributed by atoms with van der Waals surface area (Å²) in [5, 5.41) is 8.10. The van der Waals surface area contributed by atoms with Crippen LogP contribution in [0.25, 0.3) is 0 Å². The van der Waals surface area contributed by atoms with Gasteiger partial charge in [0.25, 0.3) is 0 Å². The van der Waals surface area contributed by atoms with Crippen molar-refractivity contribution in [3.8, 4) is 5.75 Å². The van der Waals surface area contributed by atoms with Crippen LogP contribution in [0.15, 0.2) is 24.3 Å². The molecule has 21 heavy (non-hydrogen) atoms. The molecule has 1 N–H and O–H groups in total. The second-order valence-corrected chi connectivity index (χ2v) is 5.28. The highest BCUT2D eigenvalue weighted by atomic mass is 16.5. The van der Waals surface area contributed by atoms with Gasteiger partial charge in [0.2, 0.25) is 0 Å². The van der Waals surface area contributed by atoms with Gasteiger partial charge in [-0.1, -0.05) is 32.0 Å². The number of benzene rings is 1. The standard InChI is InChI=1S/C16H22N4O/c1-4-14-18-15(5-2)20(19-14)12-10-21-13-9-7-6-8-11(13)16(12)17-3/h6-9,12,16-17H,4-5,10H2,1-3H3. The number of ether oxygens (including phenoxy) is 1. The Balaban J connectivity index is 2.01. The van der Waals surface area contributed by atoms with Crippen molar-refractivity contribution in [1.29, 1.82) is 0 Å². The Kier molecular flexibility index (Phi) is 3.92. The molecule has 0 fully saturated rings. The summed E-state index contributed by atoms with van der Waals surface area (Å²) in [5.41, 5.74) is 1.19. The van der Waals surface area contributed by atoms with E-state index in [2.05, 4.69) is 46.1 Å². The molecular formula is C16H22N4O. The third-order valence-electron chi connectivity index (χ3n) is 4.05. The molecule has 1 aliphatic rings. The smallest absolute Gasteiger partial charge is 0.150 e. The quantitative estimate of drug-likeness (QED) is 0.937. The Bertz CT molecular complexity index is 622. The maximum atomic E-state index is 5.94. The Morgan fingerprint density at radius 1 is 1.29 bits per heavy atom. The molecule has 1 aliphatic heterocycles. The Hall–Kier alpha value is -1.88. The van der Waals surface area contributed by atoms with E-state index in [-0.39, 0.29) is 12.1 Å². The lowest BCUT2D eigenvalue weighted by atomic mass is 9.96. The highest BCUT2D eigenvalue weighted by Gasteiger charge is 2.33. The van der Waals surface area contributed by atoms with Crippen LogP contribution in [-0.2, 0) is 12.8 Å². The van der Waals surface area contributed by atoms with Crippen LogP contribution in [0.1, 0.15) is 43.1 Å². The number of rotatable bonds is 4. The molecule has 0 radical (unpaired) electrons. The molecule has 0 saturated carbocycles. The minimum Gasteiger partial charge on any atom is -0.491 e. The van der Waals surface area contributed by atoms with E-state index >= 15 is 0 Å². The number of hydrogen-bond acceptors (Lipinski definition) is 4. The van der Waals surface area contributed by atoms with Crippen LogP contribution >= 0.6 is 0 Å². The number of fused-ring (bicyclic) bond motifs is 1. The molecule has 2 heterocycles. The van der Waals surface area contributed by atoms with Crippen LogP contribution in [0, 0.1) is 0 Å². The monoisotopic (exact) mass is 286 g/mol. The van der Waals surface area contributed by atoms with Gasteiger partial charge in [-0.25, -0.2) is 9.67 Å². The molecule has 0 amide bonds. The number of likely N-dealkylation sites (N-methyl/N-ethyl adjacent to an activating group) is 1. The fraction of sp³-hybridized carbons (Fsp3) is 0.500. The first-order valence-corrected chi connectivity index (χ1v) is 7.61. The van der Waals surface area contributed by atoms with Gasteiger partial charge in [0.05, 0.1) is 6.04 Å². The fourth-order valence-corrected chi connectivity index (χ4v) is 2.97. The molecule has 1 aromatic carbocycles. The predicted molar refractivity (Wildman–Crippen MR) is 81.6 cm³/mol. The molecular weight excluding hydrogens is 264 g/mol. The second-order valence-electron chi connectivity index (χ2n) is 5.28. The molecule has 0 spiro atoms. The van der Waals surface area contributed by atoms with E-state index in [9.17, 15) is 0 Å². The minimum atomic E-state index is 0.132. The van der Waals surface area contributed by atoms with Crippen LogP contribution in [0.3, 0.4) is 0 Å². The van der Waals surface area contributed by atoms with Crippen LogP contribution in [-0.4, -0.2) is 28.4 Å². The van der Waals surface area contributed by atoms with Crippen molar-refractivity contribution in [1.82, 2.24) is 20.1 Å². The van der Waals surface area contributed by atoms with Gasteiger partial charge in [-0.2, -0.15) is 5.10 Å². The normalized spacial score (nSPS) is 20.9. The average molecular weight is 286 g/mol. The minimum absolute atomic E-state index is 0.132. The highest BCUT2D eigenvalue weighted by molar-refractivity contribution is 5.38. The lowest BCUT2D eigenvalue weighted by Crippen LogP contribution is -2.36. The zero-order valence-electron chi connectivity index (χ0n) is 12.8. The zero-order valence-corrected chi connectivity index (χ0v) is 12.8. The number of aryl methyl sites for hydroxylation is 2. The molecule has 2 aromatic rings. The average Bonchev–Trinajstić information content (AvgIpc) is 2.97. The van der Waals surface area contributed by atoms with Crippen molar-refractivity contribution in [2.24, 2.45) is 0 Å². The molecule has 112 valence electrons. The molecule has 0 bridgehead atoms. The maximum Gasteiger partial charge on any atom is 0.150 e. The number of hydrogen-bond donors (Lipinski definition) is 1. The van der Waals surface area contributed by atoms with E-state index in [0.29, 0.717) is 6.61 Å². The summed E-state index contributed by atoms with van der Waals surface area (Å²) >= 11 is 0. The fourth-order valence-electron chi connectivity index (χ4n) is 2.97. The van der Waals surface area contributed by atoms with Crippen LogP contribution in [0.2, 0.25) is 0 Å². The first-order valence-electron chi connectivity index (χ1n) is 7.61. The van der Waals surface area contributed by atoms with Gasteiger partial charge in [0, 0.05) is 18.4 Å². The number of nitrogens with one attached hydrogen (secondary N) is 1. The van der Waals surface area contributed by atoms with Gasteiger partial charge < -0.3 is 10.1 Å². The number of nitrogens with zero attached hydrogens (tertiary/aromatic N) is 3. The summed E-state index contributed by atoms with van der Waals surface area (Å²) < 4.78 is 7.99. The van der Waals surface area contributed by atoms with E-state index in [1.807, 2.05) is 19.2 Å². The van der Waals surface area contributed by atoms with Gasteiger partial charge in [-0.15, -0.1) is 0 Å². The topological polar surface area (TPSA) is 52.0 Å². The highest BCUT2D eigenvalue weighted by Crippen LogP contribution is 2.37. The van der Waals surface area contributed by atoms with Crippen molar-refractivity contribution >= 4 is 0 Å². The number of aromatic nitrogens is 3. The Morgan fingerprint density at radius 3 is 2.81 bits per heavy atom. The third kappa shape index (κ3) is 2.42. The SMILES string of the molecule is CCc1nc(CC)n(C2COc3ccccc3C2NC)n1. The maximum absolute atomic E-state index is 5.94. The molecule has 2 atom stereocenters. The summed E-state index contributed by atoms with van der Waals surface area (Å²) in [6.45, 7) is 4.81. The van der Waals surface area contributed by atoms with E-state index in [1.165, 1.54) is 5.56 Å². The lowest BCUT2D eigenvalue weighted by molar-refractivity contribution is 0.171. The van der Waals surface area contributed by atoms with Gasteiger partial charge in [-0.3, -0.25) is 0 Å². The van der Waals surface area contributed by atoms with E-state index in [0.717, 1.165) is 30.2 Å². The van der Waals surface area contributed by atoms with Gasteiger partial charge in [-0.05, 0) is 13.1 Å². The van der Waals surface area contributed by atoms with Crippen LogP contribution in [0.4, 0.5) is 0 Å². The molecule has 0 aliphatic carbocycles. The Labute approximate surface area is 125 Å². The summed E-state index contributed by atoms with van der Waals surface area (Å²) in [6.07, 6.45) is 1.73. The van der Waals surface area contributed by atoms with Crippen molar-refractivity contribution in [3.63, 3.8) is 0 Å². The van der Waals surface area contributed by atoms with Gasteiger partial charge >= 0.3 is 0 Å². The van der Waals surface area contributed by atoms with Crippen LogP contribution in [0.5, 0.6) is 5.75 Å². The lowest BCUT2D eigenvalue weighted by Gasteiger charge is -2.33. The predicted octanol–water partition coefficient (Wildman–Crippen LogP) is 2.30. The summed E-state index contributed by atoms with van der Waals surface area (Å²) in [5.74, 6) is 2.89. The largest absolute Gasteiger partial charge is 0.491 e. The van der Waals surface area contributed by atoms with E-state index in [4.69, 9.17) is 4.74 Å². The van der Waals surface area contributed by atoms with Crippen molar-refractivity contribution in [2.45, 2.75) is 38.8 Å². The molecule has 3 rings (SSSR count). The summed E-state index contributed by atoms with van der Waals surface area (Å²) in [7, 11) is 1.99. The molecule has 5 heteroatoms. The van der Waals surface area contributed by atoms with E-state index in [1.54, 1.807) is 0 Å². The first kappa shape index (κ1) is 14.1. The Morgan fingerprint density at radius 2 is 2.10 bits per heavy atom.